The van der Waals surface area contributed by atoms with E-state index in [1.165, 1.54) is 0 Å². The van der Waals surface area contributed by atoms with Gasteiger partial charge in [-0.1, -0.05) is 0 Å². The maximum atomic E-state index is 5.36. The Labute approximate surface area is 72.7 Å². The fourth-order valence-corrected chi connectivity index (χ4v) is 1.34. The van der Waals surface area contributed by atoms with E-state index in [0.29, 0.717) is 6.61 Å². The van der Waals surface area contributed by atoms with Crippen molar-refractivity contribution in [3.63, 3.8) is 0 Å². The molecule has 0 radical (unpaired) electrons. The highest BCUT2D eigenvalue weighted by Crippen LogP contribution is 2.19. The van der Waals surface area contributed by atoms with E-state index in [-0.39, 0.29) is 18.5 Å². The van der Waals surface area contributed by atoms with Gasteiger partial charge in [0.2, 0.25) is 0 Å². The Bertz CT molecular complexity index is 128. The number of methoxy groups -OCH3 is 3. The molecule has 0 spiro atoms. The third kappa shape index (κ3) is 2.17. The number of rotatable bonds is 3. The van der Waals surface area contributed by atoms with Crippen molar-refractivity contribution in [2.75, 3.05) is 27.9 Å². The summed E-state index contributed by atoms with van der Waals surface area (Å²) in [6.07, 6.45) is 0.683. The molecule has 3 atom stereocenters. The topological polar surface area (TPSA) is 36.9 Å². The van der Waals surface area contributed by atoms with Crippen LogP contribution in [0.1, 0.15) is 6.42 Å². The van der Waals surface area contributed by atoms with E-state index < -0.39 is 0 Å². The van der Waals surface area contributed by atoms with Crippen LogP contribution in [0.2, 0.25) is 0 Å². The van der Waals surface area contributed by atoms with Crippen molar-refractivity contribution in [1.29, 1.82) is 0 Å². The predicted molar refractivity (Wildman–Crippen MR) is 43.0 cm³/mol. The third-order valence-corrected chi connectivity index (χ3v) is 2.11. The molecule has 2 unspecified atom stereocenters. The first-order valence-corrected chi connectivity index (χ1v) is 4.01. The molecule has 1 aliphatic heterocycles. The largest absolute Gasteiger partial charge is 0.379 e. The molecule has 1 heterocycles. The first-order valence-electron chi connectivity index (χ1n) is 4.01. The van der Waals surface area contributed by atoms with Crippen LogP contribution in [0.5, 0.6) is 0 Å². The molecule has 0 aromatic rings. The maximum absolute atomic E-state index is 5.36. The summed E-state index contributed by atoms with van der Waals surface area (Å²) in [6, 6.07) is 0. The van der Waals surface area contributed by atoms with Gasteiger partial charge in [0.05, 0.1) is 12.7 Å². The predicted octanol–water partition coefficient (Wildman–Crippen LogP) is 0.409. The summed E-state index contributed by atoms with van der Waals surface area (Å²) < 4.78 is 20.8. The van der Waals surface area contributed by atoms with Gasteiger partial charge in [0.15, 0.2) is 6.29 Å². The van der Waals surface area contributed by atoms with Gasteiger partial charge in [0.1, 0.15) is 6.10 Å². The Morgan fingerprint density at radius 3 is 2.33 bits per heavy atom. The van der Waals surface area contributed by atoms with Gasteiger partial charge in [-0.15, -0.1) is 0 Å². The van der Waals surface area contributed by atoms with E-state index in [9.17, 15) is 0 Å². The Kier molecular flexibility index (Phi) is 3.94. The number of hydrogen-bond acceptors (Lipinski definition) is 4. The van der Waals surface area contributed by atoms with Crippen LogP contribution in [-0.4, -0.2) is 46.4 Å². The average Bonchev–Trinajstić information content (AvgIpc) is 2.16. The van der Waals surface area contributed by atoms with Crippen molar-refractivity contribution in [3.05, 3.63) is 0 Å². The summed E-state index contributed by atoms with van der Waals surface area (Å²) >= 11 is 0. The lowest BCUT2D eigenvalue weighted by Crippen LogP contribution is -2.43. The summed E-state index contributed by atoms with van der Waals surface area (Å²) in [6.45, 7) is 0.578. The quantitative estimate of drug-likeness (QED) is 0.624. The molecule has 0 aliphatic carbocycles. The molecule has 0 bridgehead atoms. The fourth-order valence-electron chi connectivity index (χ4n) is 1.34. The lowest BCUT2D eigenvalue weighted by molar-refractivity contribution is -0.234. The van der Waals surface area contributed by atoms with Gasteiger partial charge in [0, 0.05) is 27.8 Å². The lowest BCUT2D eigenvalue weighted by Gasteiger charge is -2.33. The van der Waals surface area contributed by atoms with E-state index in [1.54, 1.807) is 21.3 Å². The molecule has 1 saturated heterocycles. The molecule has 0 aromatic heterocycles. The summed E-state index contributed by atoms with van der Waals surface area (Å²) in [5, 5.41) is 0. The molecule has 72 valence electrons. The minimum atomic E-state index is -0.249. The normalized spacial score (nSPS) is 36.8. The molecular weight excluding hydrogens is 160 g/mol. The van der Waals surface area contributed by atoms with Crippen molar-refractivity contribution >= 4 is 0 Å². The van der Waals surface area contributed by atoms with E-state index in [0.717, 1.165) is 6.42 Å². The molecule has 1 rings (SSSR count). The number of hydrogen-bond donors (Lipinski definition) is 0. The van der Waals surface area contributed by atoms with Crippen LogP contribution in [0.15, 0.2) is 0 Å². The molecule has 12 heavy (non-hydrogen) atoms. The van der Waals surface area contributed by atoms with Gasteiger partial charge in [-0.2, -0.15) is 0 Å². The summed E-state index contributed by atoms with van der Waals surface area (Å²) in [5.74, 6) is 0. The van der Waals surface area contributed by atoms with Crippen molar-refractivity contribution in [2.45, 2.75) is 24.9 Å². The Balaban J connectivity index is 2.41. The van der Waals surface area contributed by atoms with E-state index >= 15 is 0 Å². The number of ether oxygens (including phenoxy) is 4. The van der Waals surface area contributed by atoms with Crippen molar-refractivity contribution in [3.8, 4) is 0 Å². The Morgan fingerprint density at radius 2 is 1.83 bits per heavy atom. The fraction of sp³-hybridized carbons (Fsp3) is 1.00. The van der Waals surface area contributed by atoms with Crippen LogP contribution in [0, 0.1) is 0 Å². The molecule has 1 aliphatic rings. The highest BCUT2D eigenvalue weighted by molar-refractivity contribution is 4.74. The maximum Gasteiger partial charge on any atom is 0.183 e. The molecule has 4 heteroatoms. The minimum absolute atomic E-state index is 0.0197. The smallest absolute Gasteiger partial charge is 0.183 e. The van der Waals surface area contributed by atoms with Crippen molar-refractivity contribution < 1.29 is 18.9 Å². The van der Waals surface area contributed by atoms with Crippen LogP contribution < -0.4 is 0 Å². The van der Waals surface area contributed by atoms with E-state index in [2.05, 4.69) is 0 Å². The Hall–Kier alpha value is -0.160. The molecule has 1 fully saturated rings. The zero-order valence-electron chi connectivity index (χ0n) is 7.78. The first kappa shape index (κ1) is 9.92. The molecule has 0 N–H and O–H groups in total. The summed E-state index contributed by atoms with van der Waals surface area (Å²) in [7, 11) is 4.94. The zero-order chi connectivity index (χ0) is 8.97. The lowest BCUT2D eigenvalue weighted by atomic mass is 10.1. The average molecular weight is 176 g/mol. The van der Waals surface area contributed by atoms with E-state index in [1.807, 2.05) is 0 Å². The monoisotopic (exact) mass is 176 g/mol. The van der Waals surface area contributed by atoms with Gasteiger partial charge in [-0.05, 0) is 0 Å². The molecule has 4 nitrogen and oxygen atoms in total. The van der Waals surface area contributed by atoms with Crippen LogP contribution in [0.25, 0.3) is 0 Å². The van der Waals surface area contributed by atoms with Crippen molar-refractivity contribution in [1.82, 2.24) is 0 Å². The highest BCUT2D eigenvalue weighted by atomic mass is 16.7. The Morgan fingerprint density at radius 1 is 1.08 bits per heavy atom. The summed E-state index contributed by atoms with van der Waals surface area (Å²) in [4.78, 5) is 0. The first-order chi connectivity index (χ1) is 5.81. The molecule has 0 amide bonds. The van der Waals surface area contributed by atoms with Gasteiger partial charge >= 0.3 is 0 Å². The van der Waals surface area contributed by atoms with Crippen molar-refractivity contribution in [2.24, 2.45) is 0 Å². The molecule has 0 saturated carbocycles. The van der Waals surface area contributed by atoms with Crippen LogP contribution in [0.4, 0.5) is 0 Å². The standard InChI is InChI=1S/C8H16O4/c1-9-6-4-7(10-2)8(11-3)12-5-6/h6-8H,4-5H2,1-3H3/t6?,7-,8?/m1/s1. The van der Waals surface area contributed by atoms with Gasteiger partial charge in [-0.3, -0.25) is 0 Å². The second kappa shape index (κ2) is 4.77. The second-order valence-electron chi connectivity index (χ2n) is 2.80. The second-order valence-corrected chi connectivity index (χ2v) is 2.80. The third-order valence-electron chi connectivity index (χ3n) is 2.11. The zero-order valence-corrected chi connectivity index (χ0v) is 7.78. The van der Waals surface area contributed by atoms with Gasteiger partial charge < -0.3 is 18.9 Å². The van der Waals surface area contributed by atoms with Gasteiger partial charge in [-0.25, -0.2) is 0 Å². The van der Waals surface area contributed by atoms with Crippen LogP contribution in [-0.2, 0) is 18.9 Å². The van der Waals surface area contributed by atoms with E-state index in [4.69, 9.17) is 18.9 Å². The SMILES string of the molecule is COC1COC(OC)[C@H](OC)C1. The van der Waals surface area contributed by atoms with Crippen LogP contribution >= 0.6 is 0 Å². The summed E-state index contributed by atoms with van der Waals surface area (Å²) in [5.41, 5.74) is 0. The minimum Gasteiger partial charge on any atom is -0.379 e. The van der Waals surface area contributed by atoms with Gasteiger partial charge in [0.25, 0.3) is 0 Å². The highest BCUT2D eigenvalue weighted by Gasteiger charge is 2.31. The molecule has 0 aromatic carbocycles. The molecular formula is C8H16O4. The van der Waals surface area contributed by atoms with Crippen LogP contribution in [0.3, 0.4) is 0 Å².